The third kappa shape index (κ3) is 2.83. The third-order valence-electron chi connectivity index (χ3n) is 3.67. The quantitative estimate of drug-likeness (QED) is 0.926. The van der Waals surface area contributed by atoms with E-state index in [1.165, 1.54) is 12.1 Å². The Balaban J connectivity index is 2.17. The summed E-state index contributed by atoms with van der Waals surface area (Å²) < 4.78 is 1.14. The van der Waals surface area contributed by atoms with Crippen molar-refractivity contribution >= 4 is 21.6 Å². The number of benzene rings is 1. The molecule has 3 heteroatoms. The van der Waals surface area contributed by atoms with Gasteiger partial charge in [0.05, 0.1) is 0 Å². The van der Waals surface area contributed by atoms with Gasteiger partial charge in [-0.15, -0.1) is 0 Å². The standard InChI is InChI=1S/C14H21BrN2/c1-14(2)9-11(7-8-16)10-17(14)13-5-3-12(15)4-6-13/h3-6,11H,7-10,16H2,1-2H3. The van der Waals surface area contributed by atoms with E-state index in [2.05, 4.69) is 58.9 Å². The van der Waals surface area contributed by atoms with Gasteiger partial charge in [0.15, 0.2) is 0 Å². The Labute approximate surface area is 112 Å². The van der Waals surface area contributed by atoms with Crippen molar-refractivity contribution in [3.8, 4) is 0 Å². The molecular formula is C14H21BrN2. The average molecular weight is 297 g/mol. The summed E-state index contributed by atoms with van der Waals surface area (Å²) >= 11 is 3.48. The molecule has 17 heavy (non-hydrogen) atoms. The van der Waals surface area contributed by atoms with E-state index in [0.29, 0.717) is 0 Å². The van der Waals surface area contributed by atoms with Crippen molar-refractivity contribution in [1.82, 2.24) is 0 Å². The summed E-state index contributed by atoms with van der Waals surface area (Å²) in [7, 11) is 0. The maximum atomic E-state index is 5.68. The highest BCUT2D eigenvalue weighted by molar-refractivity contribution is 9.10. The van der Waals surface area contributed by atoms with E-state index in [1.54, 1.807) is 0 Å². The lowest BCUT2D eigenvalue weighted by Gasteiger charge is -2.33. The van der Waals surface area contributed by atoms with E-state index >= 15 is 0 Å². The van der Waals surface area contributed by atoms with Gasteiger partial charge in [0, 0.05) is 22.2 Å². The van der Waals surface area contributed by atoms with Crippen LogP contribution < -0.4 is 10.6 Å². The third-order valence-corrected chi connectivity index (χ3v) is 4.20. The maximum Gasteiger partial charge on any atom is 0.0371 e. The lowest BCUT2D eigenvalue weighted by atomic mass is 9.94. The van der Waals surface area contributed by atoms with Gasteiger partial charge in [-0.05, 0) is 63.4 Å². The van der Waals surface area contributed by atoms with E-state index in [4.69, 9.17) is 5.73 Å². The molecule has 2 rings (SSSR count). The van der Waals surface area contributed by atoms with Crippen LogP contribution in [0.1, 0.15) is 26.7 Å². The normalized spacial score (nSPS) is 23.1. The molecule has 1 saturated heterocycles. The number of hydrogen-bond acceptors (Lipinski definition) is 2. The second-order valence-electron chi connectivity index (χ2n) is 5.55. The van der Waals surface area contributed by atoms with E-state index in [9.17, 15) is 0 Å². The molecular weight excluding hydrogens is 276 g/mol. The van der Waals surface area contributed by atoms with Crippen LogP contribution in [0.4, 0.5) is 5.69 Å². The monoisotopic (exact) mass is 296 g/mol. The molecule has 2 nitrogen and oxygen atoms in total. The predicted molar refractivity (Wildman–Crippen MR) is 77.3 cm³/mol. The molecule has 2 N–H and O–H groups in total. The van der Waals surface area contributed by atoms with Crippen LogP contribution in [0.2, 0.25) is 0 Å². The molecule has 1 aromatic rings. The Morgan fingerprint density at radius 3 is 2.59 bits per heavy atom. The molecule has 1 unspecified atom stereocenters. The maximum absolute atomic E-state index is 5.68. The van der Waals surface area contributed by atoms with Crippen LogP contribution in [-0.2, 0) is 0 Å². The van der Waals surface area contributed by atoms with Crippen LogP contribution in [0.5, 0.6) is 0 Å². The molecule has 1 aliphatic heterocycles. The summed E-state index contributed by atoms with van der Waals surface area (Å²) in [4.78, 5) is 2.51. The molecule has 0 bridgehead atoms. The Hall–Kier alpha value is -0.540. The van der Waals surface area contributed by atoms with Gasteiger partial charge in [-0.25, -0.2) is 0 Å². The summed E-state index contributed by atoms with van der Waals surface area (Å²) in [5.74, 6) is 0.735. The SMILES string of the molecule is CC1(C)CC(CCN)CN1c1ccc(Br)cc1. The van der Waals surface area contributed by atoms with Crippen LogP contribution >= 0.6 is 15.9 Å². The van der Waals surface area contributed by atoms with Crippen LogP contribution in [-0.4, -0.2) is 18.6 Å². The fourth-order valence-electron chi connectivity index (χ4n) is 2.89. The van der Waals surface area contributed by atoms with Gasteiger partial charge < -0.3 is 10.6 Å². The molecule has 94 valence electrons. The van der Waals surface area contributed by atoms with Crippen molar-refractivity contribution in [2.45, 2.75) is 32.2 Å². The lowest BCUT2D eigenvalue weighted by molar-refractivity contribution is 0.458. The van der Waals surface area contributed by atoms with Crippen LogP contribution in [0, 0.1) is 5.92 Å². The largest absolute Gasteiger partial charge is 0.366 e. The van der Waals surface area contributed by atoms with Crippen molar-refractivity contribution < 1.29 is 0 Å². The van der Waals surface area contributed by atoms with Crippen molar-refractivity contribution in [1.29, 1.82) is 0 Å². The van der Waals surface area contributed by atoms with E-state index in [-0.39, 0.29) is 5.54 Å². The highest BCUT2D eigenvalue weighted by Crippen LogP contribution is 2.38. The van der Waals surface area contributed by atoms with Crippen molar-refractivity contribution in [2.75, 3.05) is 18.0 Å². The van der Waals surface area contributed by atoms with Crippen molar-refractivity contribution in [3.63, 3.8) is 0 Å². The van der Waals surface area contributed by atoms with E-state index < -0.39 is 0 Å². The highest BCUT2D eigenvalue weighted by Gasteiger charge is 2.37. The first kappa shape index (κ1) is 12.9. The molecule has 1 aliphatic rings. The van der Waals surface area contributed by atoms with E-state index in [0.717, 1.165) is 29.9 Å². The Kier molecular flexibility index (Phi) is 3.79. The Bertz CT molecular complexity index is 372. The zero-order valence-corrected chi connectivity index (χ0v) is 12.2. The molecule has 1 aromatic carbocycles. The minimum atomic E-state index is 0.244. The molecule has 1 heterocycles. The minimum Gasteiger partial charge on any atom is -0.366 e. The second-order valence-corrected chi connectivity index (χ2v) is 6.46. The van der Waals surface area contributed by atoms with Gasteiger partial charge in [-0.3, -0.25) is 0 Å². The number of rotatable bonds is 3. The number of nitrogens with zero attached hydrogens (tertiary/aromatic N) is 1. The zero-order chi connectivity index (χ0) is 12.5. The van der Waals surface area contributed by atoms with Crippen LogP contribution in [0.15, 0.2) is 28.7 Å². The molecule has 0 saturated carbocycles. The smallest absolute Gasteiger partial charge is 0.0371 e. The first-order chi connectivity index (χ1) is 8.03. The number of anilines is 1. The Morgan fingerprint density at radius 2 is 2.00 bits per heavy atom. The number of hydrogen-bond donors (Lipinski definition) is 1. The van der Waals surface area contributed by atoms with Gasteiger partial charge >= 0.3 is 0 Å². The first-order valence-electron chi connectivity index (χ1n) is 6.26. The number of nitrogens with two attached hydrogens (primary N) is 1. The molecule has 0 aliphatic carbocycles. The molecule has 1 atom stereocenters. The summed E-state index contributed by atoms with van der Waals surface area (Å²) in [6.45, 7) is 6.58. The first-order valence-corrected chi connectivity index (χ1v) is 7.05. The zero-order valence-electron chi connectivity index (χ0n) is 10.6. The minimum absolute atomic E-state index is 0.244. The predicted octanol–water partition coefficient (Wildman–Crippen LogP) is 3.40. The van der Waals surface area contributed by atoms with Gasteiger partial charge in [0.1, 0.15) is 0 Å². The van der Waals surface area contributed by atoms with Crippen LogP contribution in [0.25, 0.3) is 0 Å². The van der Waals surface area contributed by atoms with Crippen molar-refractivity contribution in [2.24, 2.45) is 11.7 Å². The van der Waals surface area contributed by atoms with Gasteiger partial charge in [-0.1, -0.05) is 15.9 Å². The number of halogens is 1. The summed E-state index contributed by atoms with van der Waals surface area (Å²) in [6.07, 6.45) is 2.37. The molecule has 0 aromatic heterocycles. The van der Waals surface area contributed by atoms with Crippen molar-refractivity contribution in [3.05, 3.63) is 28.7 Å². The van der Waals surface area contributed by atoms with Gasteiger partial charge in [-0.2, -0.15) is 0 Å². The molecule has 0 radical (unpaired) electrons. The highest BCUT2D eigenvalue weighted by atomic mass is 79.9. The molecule has 1 fully saturated rings. The summed E-state index contributed by atoms with van der Waals surface area (Å²) in [6, 6.07) is 8.61. The lowest BCUT2D eigenvalue weighted by Crippen LogP contribution is -2.38. The fraction of sp³-hybridized carbons (Fsp3) is 0.571. The fourth-order valence-corrected chi connectivity index (χ4v) is 3.16. The molecule has 0 spiro atoms. The summed E-state index contributed by atoms with van der Waals surface area (Å²) in [5.41, 5.74) is 7.24. The topological polar surface area (TPSA) is 29.3 Å². The summed E-state index contributed by atoms with van der Waals surface area (Å²) in [5, 5.41) is 0. The van der Waals surface area contributed by atoms with E-state index in [1.807, 2.05) is 0 Å². The molecule has 0 amide bonds. The van der Waals surface area contributed by atoms with Gasteiger partial charge in [0.25, 0.3) is 0 Å². The van der Waals surface area contributed by atoms with Gasteiger partial charge in [0.2, 0.25) is 0 Å². The second kappa shape index (κ2) is 4.99. The van der Waals surface area contributed by atoms with Crippen LogP contribution in [0.3, 0.4) is 0 Å². The average Bonchev–Trinajstić information content (AvgIpc) is 2.55. The Morgan fingerprint density at radius 1 is 1.35 bits per heavy atom.